The van der Waals surface area contributed by atoms with Gasteiger partial charge in [0.2, 0.25) is 0 Å². The summed E-state index contributed by atoms with van der Waals surface area (Å²) in [5.74, 6) is 5.10. The number of rotatable bonds is 8. The second-order valence-corrected chi connectivity index (χ2v) is 10.9. The molecule has 4 rings (SSSR count). The lowest BCUT2D eigenvalue weighted by Crippen LogP contribution is -2.29. The molecule has 0 aliphatic heterocycles. The lowest BCUT2D eigenvalue weighted by atomic mass is 10.2. The molecule has 1 saturated carbocycles. The van der Waals surface area contributed by atoms with E-state index in [1.807, 2.05) is 13.8 Å². The number of hydrogen-bond acceptors (Lipinski definition) is 6. The second-order valence-electron chi connectivity index (χ2n) is 8.05. The molecule has 0 bridgehead atoms. The molecule has 1 aliphatic rings. The molecule has 1 N–H and O–H groups in total. The fourth-order valence-electron chi connectivity index (χ4n) is 3.70. The highest BCUT2D eigenvalue weighted by Gasteiger charge is 2.31. The zero-order chi connectivity index (χ0) is 22.2. The monoisotopic (exact) mass is 459 g/mol. The minimum atomic E-state index is -2.31. The molecule has 2 unspecified atom stereocenters. The fourth-order valence-corrected chi connectivity index (χ4v) is 5.30. The molecule has 0 aromatic carbocycles. The van der Waals surface area contributed by atoms with E-state index in [1.165, 1.54) is 0 Å². The summed E-state index contributed by atoms with van der Waals surface area (Å²) in [6.45, 7) is 4.34. The summed E-state index contributed by atoms with van der Waals surface area (Å²) in [6.07, 6.45) is 4.61. The third kappa shape index (κ3) is 4.60. The molecule has 3 heterocycles. The summed E-state index contributed by atoms with van der Waals surface area (Å²) < 4.78 is 14.3. The summed E-state index contributed by atoms with van der Waals surface area (Å²) in [6, 6.07) is 7.06. The lowest BCUT2D eigenvalue weighted by molar-refractivity contribution is 0.483. The maximum Gasteiger partial charge on any atom is 0.295 e. The summed E-state index contributed by atoms with van der Waals surface area (Å²) >= 11 is 6.09. The summed E-state index contributed by atoms with van der Waals surface area (Å²) in [4.78, 5) is 27.1. The predicted octanol–water partition coefficient (Wildman–Crippen LogP) is 3.91. The molecule has 0 spiro atoms. The molecule has 2 atom stereocenters. The van der Waals surface area contributed by atoms with Gasteiger partial charge in [0.1, 0.15) is 10.7 Å². The Balaban J connectivity index is 1.62. The molecular weight excluding hydrogens is 434 g/mol. The quantitative estimate of drug-likeness (QED) is 0.405. The average Bonchev–Trinajstić information content (AvgIpc) is 3.58. The fraction of sp³-hybridized carbons (Fsp3) is 0.409. The maximum atomic E-state index is 13.2. The van der Waals surface area contributed by atoms with Crippen LogP contribution in [0.3, 0.4) is 0 Å². The Hall–Kier alpha value is -2.45. The van der Waals surface area contributed by atoms with Crippen LogP contribution >= 0.6 is 11.6 Å². The van der Waals surface area contributed by atoms with Gasteiger partial charge in [-0.1, -0.05) is 18.5 Å². The highest BCUT2D eigenvalue weighted by atomic mass is 35.5. The third-order valence-corrected chi connectivity index (χ3v) is 7.99. The van der Waals surface area contributed by atoms with E-state index in [2.05, 4.69) is 26.1 Å². The predicted molar refractivity (Wildman–Crippen MR) is 126 cm³/mol. The first-order valence-electron chi connectivity index (χ1n) is 10.4. The number of nitrogens with zero attached hydrogens (tertiary/aromatic N) is 4. The van der Waals surface area contributed by atoms with Crippen molar-refractivity contribution in [2.24, 2.45) is 5.92 Å². The van der Waals surface area contributed by atoms with E-state index in [0.29, 0.717) is 45.1 Å². The molecule has 0 saturated heterocycles. The second kappa shape index (κ2) is 8.59. The normalized spacial score (nSPS) is 16.7. The molecule has 7 nitrogen and oxygen atoms in total. The molecule has 164 valence electrons. The number of aromatic nitrogens is 4. The summed E-state index contributed by atoms with van der Waals surface area (Å²) in [5.41, 5.74) is 1.61. The van der Waals surface area contributed by atoms with Crippen molar-refractivity contribution < 1.29 is 4.21 Å². The van der Waals surface area contributed by atoms with Gasteiger partial charge < -0.3 is 5.32 Å². The van der Waals surface area contributed by atoms with E-state index in [-0.39, 0.29) is 17.4 Å². The van der Waals surface area contributed by atoms with Crippen molar-refractivity contribution in [1.82, 2.24) is 19.5 Å². The number of hydrogen-bond donors (Lipinski definition) is 1. The molecular formula is C22H26ClN5O2S. The molecule has 9 heteroatoms. The number of halogens is 1. The van der Waals surface area contributed by atoms with Crippen molar-refractivity contribution in [2.75, 3.05) is 11.1 Å². The van der Waals surface area contributed by atoms with Crippen LogP contribution in [0.15, 0.2) is 40.2 Å². The van der Waals surface area contributed by atoms with Crippen LogP contribution in [-0.4, -0.2) is 35.4 Å². The van der Waals surface area contributed by atoms with Crippen LogP contribution in [0.1, 0.15) is 44.8 Å². The minimum absolute atomic E-state index is 0.0192. The van der Waals surface area contributed by atoms with Gasteiger partial charge in [0, 0.05) is 22.9 Å². The minimum Gasteiger partial charge on any atom is -0.360 e. The van der Waals surface area contributed by atoms with Crippen LogP contribution in [-0.2, 0) is 16.1 Å². The largest absolute Gasteiger partial charge is 0.360 e. The van der Waals surface area contributed by atoms with Gasteiger partial charge in [0.05, 0.1) is 12.2 Å². The van der Waals surface area contributed by atoms with Gasteiger partial charge in [0.15, 0.2) is 11.5 Å². The van der Waals surface area contributed by atoms with E-state index in [4.69, 9.17) is 11.6 Å². The Morgan fingerprint density at radius 1 is 1.29 bits per heavy atom. The van der Waals surface area contributed by atoms with Crippen molar-refractivity contribution in [3.05, 3.63) is 51.7 Å². The van der Waals surface area contributed by atoms with Crippen molar-refractivity contribution >= 4 is 44.0 Å². The van der Waals surface area contributed by atoms with E-state index in [0.717, 1.165) is 19.3 Å². The van der Waals surface area contributed by atoms with Gasteiger partial charge in [-0.3, -0.25) is 18.6 Å². The van der Waals surface area contributed by atoms with Gasteiger partial charge >= 0.3 is 0 Å². The van der Waals surface area contributed by atoms with Crippen LogP contribution < -0.4 is 10.9 Å². The standard InChI is InChI=1S/C22H26ClN5O2S/c1-4-11-31(3,30)17-8-7-16(24-13-17)12-25-20-22(29)28(14(2)15-5-6-15)21-18(26-20)9-10-19(23)27-21/h7-10,13-15H,3-6,11-12H2,1-2H3,(H,25,26). The smallest absolute Gasteiger partial charge is 0.295 e. The van der Waals surface area contributed by atoms with Gasteiger partial charge in [0.25, 0.3) is 5.56 Å². The van der Waals surface area contributed by atoms with Gasteiger partial charge in [-0.05, 0) is 71.8 Å². The number of pyridine rings is 2. The van der Waals surface area contributed by atoms with Crippen molar-refractivity contribution in [1.29, 1.82) is 0 Å². The Labute approximate surface area is 186 Å². The van der Waals surface area contributed by atoms with E-state index < -0.39 is 9.52 Å². The first kappa shape index (κ1) is 21.8. The number of nitrogens with one attached hydrogen (secondary N) is 1. The molecule has 1 aliphatic carbocycles. The first-order valence-corrected chi connectivity index (χ1v) is 12.7. The maximum absolute atomic E-state index is 13.2. The Kier molecular flexibility index (Phi) is 6.03. The van der Waals surface area contributed by atoms with Crippen molar-refractivity contribution in [3.8, 4) is 0 Å². The zero-order valence-electron chi connectivity index (χ0n) is 17.7. The van der Waals surface area contributed by atoms with Crippen LogP contribution in [0.25, 0.3) is 11.2 Å². The zero-order valence-corrected chi connectivity index (χ0v) is 19.2. The van der Waals surface area contributed by atoms with Crippen LogP contribution in [0.2, 0.25) is 5.15 Å². The third-order valence-electron chi connectivity index (χ3n) is 5.61. The lowest BCUT2D eigenvalue weighted by Gasteiger charge is -2.18. The number of fused-ring (bicyclic) bond motifs is 1. The molecule has 31 heavy (non-hydrogen) atoms. The first-order chi connectivity index (χ1) is 14.8. The van der Waals surface area contributed by atoms with E-state index in [1.54, 1.807) is 35.0 Å². The van der Waals surface area contributed by atoms with Crippen LogP contribution in [0.5, 0.6) is 0 Å². The molecule has 3 aromatic rings. The molecule has 0 radical (unpaired) electrons. The van der Waals surface area contributed by atoms with Gasteiger partial charge in [-0.25, -0.2) is 9.97 Å². The molecule has 1 fully saturated rings. The Morgan fingerprint density at radius 2 is 2.06 bits per heavy atom. The highest BCUT2D eigenvalue weighted by Crippen LogP contribution is 2.39. The molecule has 0 amide bonds. The van der Waals surface area contributed by atoms with Gasteiger partial charge in [-0.2, -0.15) is 0 Å². The Morgan fingerprint density at radius 3 is 2.71 bits per heavy atom. The average molecular weight is 460 g/mol. The topological polar surface area (TPSA) is 89.8 Å². The van der Waals surface area contributed by atoms with E-state index >= 15 is 0 Å². The van der Waals surface area contributed by atoms with Gasteiger partial charge in [-0.15, -0.1) is 0 Å². The van der Waals surface area contributed by atoms with Crippen molar-refractivity contribution in [2.45, 2.75) is 50.6 Å². The van der Waals surface area contributed by atoms with Crippen LogP contribution in [0.4, 0.5) is 5.82 Å². The summed E-state index contributed by atoms with van der Waals surface area (Å²) in [7, 11) is -2.31. The van der Waals surface area contributed by atoms with Crippen LogP contribution in [0, 0.1) is 5.92 Å². The highest BCUT2D eigenvalue weighted by molar-refractivity contribution is 8.00. The summed E-state index contributed by atoms with van der Waals surface area (Å²) in [5, 5.41) is 3.45. The molecule has 3 aromatic heterocycles. The number of anilines is 1. The SMILES string of the molecule is C=S(=O)(CCC)c1ccc(CNc2nc3ccc(Cl)nc3n(C(C)C3CC3)c2=O)nc1. The van der Waals surface area contributed by atoms with E-state index in [9.17, 15) is 9.00 Å². The Bertz CT molecular complexity index is 1270. The van der Waals surface area contributed by atoms with Crippen molar-refractivity contribution in [3.63, 3.8) is 0 Å².